The van der Waals surface area contributed by atoms with E-state index in [0.29, 0.717) is 12.0 Å². The average Bonchev–Trinajstić information content (AvgIpc) is 2.83. The molecule has 2 aromatic carbocycles. The molecule has 0 bridgehead atoms. The average molecular weight is 364 g/mol. The van der Waals surface area contributed by atoms with Crippen LogP contribution >= 0.6 is 11.6 Å². The Morgan fingerprint density at radius 2 is 1.88 bits per heavy atom. The molecule has 132 valence electrons. The van der Waals surface area contributed by atoms with Gasteiger partial charge in [-0.15, -0.1) is 0 Å². The molecule has 1 fully saturated rings. The van der Waals surface area contributed by atoms with Gasteiger partial charge in [-0.2, -0.15) is 0 Å². The highest BCUT2D eigenvalue weighted by molar-refractivity contribution is 6.30. The summed E-state index contributed by atoms with van der Waals surface area (Å²) >= 11 is 6.36. The van der Waals surface area contributed by atoms with E-state index in [1.807, 2.05) is 18.5 Å². The number of hydrogen-bond acceptors (Lipinski definition) is 3. The number of nitrogens with zero attached hydrogens (tertiary/aromatic N) is 3. The summed E-state index contributed by atoms with van der Waals surface area (Å²) < 4.78 is 0. The molecular weight excluding hydrogens is 342 g/mol. The Morgan fingerprint density at radius 1 is 1.00 bits per heavy atom. The van der Waals surface area contributed by atoms with Crippen LogP contribution < -0.4 is 4.90 Å². The molecule has 2 unspecified atom stereocenters. The molecule has 0 saturated carbocycles. The maximum absolute atomic E-state index is 6.36. The number of hydrogen-bond donors (Lipinski definition) is 0. The largest absolute Gasteiger partial charge is 0.337 e. The van der Waals surface area contributed by atoms with Gasteiger partial charge in [0.05, 0.1) is 0 Å². The van der Waals surface area contributed by atoms with Crippen molar-refractivity contribution in [3.8, 4) is 0 Å². The van der Waals surface area contributed by atoms with E-state index in [1.165, 1.54) is 40.6 Å². The van der Waals surface area contributed by atoms with Crippen LogP contribution in [0.25, 0.3) is 10.8 Å². The van der Waals surface area contributed by atoms with Crippen LogP contribution in [0.4, 0.5) is 11.4 Å². The van der Waals surface area contributed by atoms with Crippen molar-refractivity contribution in [1.29, 1.82) is 0 Å². The molecule has 3 aromatic rings. The predicted octanol–water partition coefficient (Wildman–Crippen LogP) is 5.22. The Morgan fingerprint density at radius 3 is 2.81 bits per heavy atom. The minimum absolute atomic E-state index is 0.493. The van der Waals surface area contributed by atoms with E-state index in [2.05, 4.69) is 58.2 Å². The zero-order chi connectivity index (χ0) is 17.7. The Labute approximate surface area is 159 Å². The molecule has 0 N–H and O–H groups in total. The molecule has 5 rings (SSSR count). The maximum Gasteiger partial charge on any atom is 0.0450 e. The van der Waals surface area contributed by atoms with Crippen LogP contribution in [-0.4, -0.2) is 36.1 Å². The number of rotatable bonds is 1. The van der Waals surface area contributed by atoms with E-state index in [0.717, 1.165) is 18.1 Å². The molecule has 2 aliphatic heterocycles. The maximum atomic E-state index is 6.36. The van der Waals surface area contributed by atoms with Gasteiger partial charge in [0.25, 0.3) is 0 Å². The summed E-state index contributed by atoms with van der Waals surface area (Å²) in [5.41, 5.74) is 4.00. The first-order chi connectivity index (χ1) is 12.7. The van der Waals surface area contributed by atoms with Gasteiger partial charge in [-0.05, 0) is 80.3 Å². The van der Waals surface area contributed by atoms with Gasteiger partial charge >= 0.3 is 0 Å². The molecule has 0 aliphatic carbocycles. The summed E-state index contributed by atoms with van der Waals surface area (Å²) in [6, 6.07) is 15.7. The summed E-state index contributed by atoms with van der Waals surface area (Å²) in [5.74, 6) is 0.543. The molecule has 3 heterocycles. The van der Waals surface area contributed by atoms with Crippen LogP contribution in [0, 0.1) is 0 Å². The van der Waals surface area contributed by atoms with Gasteiger partial charge in [0.15, 0.2) is 0 Å². The summed E-state index contributed by atoms with van der Waals surface area (Å²) in [6.07, 6.45) is 6.15. The van der Waals surface area contributed by atoms with Gasteiger partial charge in [-0.1, -0.05) is 17.7 Å². The summed E-state index contributed by atoms with van der Waals surface area (Å²) in [7, 11) is 2.23. The first-order valence-corrected chi connectivity index (χ1v) is 9.69. The Bertz CT molecular complexity index is 971. The number of anilines is 2. The zero-order valence-corrected chi connectivity index (χ0v) is 15.7. The van der Waals surface area contributed by atoms with Crippen LogP contribution in [-0.2, 0) is 0 Å². The molecule has 0 spiro atoms. The van der Waals surface area contributed by atoms with Crippen molar-refractivity contribution in [3.05, 3.63) is 65.4 Å². The molecule has 1 saturated heterocycles. The lowest BCUT2D eigenvalue weighted by Gasteiger charge is -2.30. The number of aromatic nitrogens is 1. The highest BCUT2D eigenvalue weighted by atomic mass is 35.5. The van der Waals surface area contributed by atoms with Crippen molar-refractivity contribution in [2.45, 2.75) is 24.8 Å². The molecule has 3 nitrogen and oxygen atoms in total. The lowest BCUT2D eigenvalue weighted by Crippen LogP contribution is -2.31. The fourth-order valence-corrected chi connectivity index (χ4v) is 4.84. The van der Waals surface area contributed by atoms with E-state index >= 15 is 0 Å². The molecule has 0 radical (unpaired) electrons. The lowest BCUT2D eigenvalue weighted by atomic mass is 9.91. The minimum Gasteiger partial charge on any atom is -0.337 e. The van der Waals surface area contributed by atoms with Crippen molar-refractivity contribution >= 4 is 33.7 Å². The highest BCUT2D eigenvalue weighted by Gasteiger charge is 2.40. The van der Waals surface area contributed by atoms with Crippen LogP contribution in [0.1, 0.15) is 24.3 Å². The first-order valence-electron chi connectivity index (χ1n) is 9.32. The molecule has 26 heavy (non-hydrogen) atoms. The van der Waals surface area contributed by atoms with Gasteiger partial charge < -0.3 is 9.80 Å². The molecule has 1 aromatic heterocycles. The van der Waals surface area contributed by atoms with Gasteiger partial charge in [-0.3, -0.25) is 4.98 Å². The molecule has 0 amide bonds. The Kier molecular flexibility index (Phi) is 3.87. The van der Waals surface area contributed by atoms with Crippen LogP contribution in [0.2, 0.25) is 5.02 Å². The number of pyridine rings is 1. The van der Waals surface area contributed by atoms with Crippen molar-refractivity contribution in [1.82, 2.24) is 9.88 Å². The van der Waals surface area contributed by atoms with E-state index in [1.54, 1.807) is 0 Å². The first kappa shape index (κ1) is 16.1. The third-order valence-electron chi connectivity index (χ3n) is 5.98. The highest BCUT2D eigenvalue weighted by Crippen LogP contribution is 2.49. The Balaban J connectivity index is 1.65. The third kappa shape index (κ3) is 2.58. The van der Waals surface area contributed by atoms with Crippen LogP contribution in [0.15, 0.2) is 54.9 Å². The molecule has 4 heteroatoms. The lowest BCUT2D eigenvalue weighted by molar-refractivity contribution is 0.346. The minimum atomic E-state index is 0.493. The normalized spacial score (nSPS) is 22.9. The quantitative estimate of drug-likeness (QED) is 0.591. The van der Waals surface area contributed by atoms with Gasteiger partial charge in [0.1, 0.15) is 0 Å². The second-order valence-corrected chi connectivity index (χ2v) is 7.97. The topological polar surface area (TPSA) is 19.4 Å². The number of likely N-dealkylation sites (tertiary alicyclic amines) is 1. The van der Waals surface area contributed by atoms with E-state index in [-0.39, 0.29) is 0 Å². The number of benzene rings is 2. The summed E-state index contributed by atoms with van der Waals surface area (Å²) in [5, 5.41) is 3.26. The molecule has 2 atom stereocenters. The van der Waals surface area contributed by atoms with Gasteiger partial charge in [0.2, 0.25) is 0 Å². The second kappa shape index (κ2) is 6.26. The number of fused-ring (bicyclic) bond motifs is 4. The van der Waals surface area contributed by atoms with Crippen molar-refractivity contribution in [2.24, 2.45) is 0 Å². The molecule has 2 aliphatic rings. The Hall–Kier alpha value is -2.10. The van der Waals surface area contributed by atoms with Crippen molar-refractivity contribution < 1.29 is 0 Å². The van der Waals surface area contributed by atoms with Crippen molar-refractivity contribution in [2.75, 3.05) is 25.0 Å². The third-order valence-corrected chi connectivity index (χ3v) is 6.21. The predicted molar refractivity (Wildman–Crippen MR) is 109 cm³/mol. The SMILES string of the molecule is CN1CCC2c3cc(Cl)ccc3N(c3ccc4cnccc4c3)C2CC1. The summed E-state index contributed by atoms with van der Waals surface area (Å²) in [4.78, 5) is 9.24. The summed E-state index contributed by atoms with van der Waals surface area (Å²) in [6.45, 7) is 2.28. The van der Waals surface area contributed by atoms with E-state index in [9.17, 15) is 0 Å². The van der Waals surface area contributed by atoms with E-state index < -0.39 is 0 Å². The van der Waals surface area contributed by atoms with Crippen LogP contribution in [0.5, 0.6) is 0 Å². The molecular formula is C22H22ClN3. The fraction of sp³-hybridized carbons (Fsp3) is 0.318. The fourth-order valence-electron chi connectivity index (χ4n) is 4.66. The number of halogens is 1. The monoisotopic (exact) mass is 363 g/mol. The van der Waals surface area contributed by atoms with Gasteiger partial charge in [-0.25, -0.2) is 0 Å². The zero-order valence-electron chi connectivity index (χ0n) is 14.9. The van der Waals surface area contributed by atoms with Gasteiger partial charge in [0, 0.05) is 46.1 Å². The van der Waals surface area contributed by atoms with Crippen molar-refractivity contribution in [3.63, 3.8) is 0 Å². The second-order valence-electron chi connectivity index (χ2n) is 7.53. The smallest absolute Gasteiger partial charge is 0.0450 e. The van der Waals surface area contributed by atoms with Crippen LogP contribution in [0.3, 0.4) is 0 Å². The standard InChI is InChI=1S/C22H22ClN3/c1-25-10-7-19-20-13-17(23)3-5-21(20)26(22(19)8-11-25)18-4-2-16-14-24-9-6-15(16)12-18/h2-6,9,12-14,19,22H,7-8,10-11H2,1H3. The van der Waals surface area contributed by atoms with E-state index in [4.69, 9.17) is 11.6 Å².